The Hall–Kier alpha value is -4.64. The third-order valence-electron chi connectivity index (χ3n) is 6.77. The molecule has 0 amide bonds. The highest BCUT2D eigenvalue weighted by atomic mass is 16.6. The van der Waals surface area contributed by atoms with Crippen LogP contribution in [0.4, 0.5) is 0 Å². The summed E-state index contributed by atoms with van der Waals surface area (Å²) in [5.41, 5.74) is 0. The zero-order valence-electron chi connectivity index (χ0n) is 24.5. The Balaban J connectivity index is 1.38. The molecular weight excluding hydrogens is 572 g/mol. The lowest BCUT2D eigenvalue weighted by molar-refractivity contribution is -0.148. The van der Waals surface area contributed by atoms with Crippen molar-refractivity contribution < 1.29 is 52.7 Å². The number of aromatic hydroxyl groups is 1. The summed E-state index contributed by atoms with van der Waals surface area (Å²) >= 11 is 0. The minimum Gasteiger partial charge on any atom is -0.508 e. The van der Waals surface area contributed by atoms with E-state index in [0.29, 0.717) is 62.4 Å². The van der Waals surface area contributed by atoms with Crippen molar-refractivity contribution >= 4 is 23.9 Å². The molecule has 11 heteroatoms. The van der Waals surface area contributed by atoms with E-state index in [1.54, 1.807) is 24.3 Å². The number of ether oxygens (including phenoxy) is 6. The number of unbranched alkanes of at least 4 members (excludes halogenated alkanes) is 1. The molecule has 236 valence electrons. The van der Waals surface area contributed by atoms with Gasteiger partial charge in [-0.25, -0.2) is 9.59 Å². The molecule has 1 aliphatic rings. The first-order valence-corrected chi connectivity index (χ1v) is 14.4. The summed E-state index contributed by atoms with van der Waals surface area (Å²) in [5.74, 6) is -1.16. The molecule has 1 N–H and O–H groups in total. The van der Waals surface area contributed by atoms with Gasteiger partial charge in [-0.2, -0.15) is 0 Å². The van der Waals surface area contributed by atoms with Crippen molar-refractivity contribution in [3.8, 4) is 23.0 Å². The van der Waals surface area contributed by atoms with Crippen LogP contribution >= 0.6 is 0 Å². The zero-order valence-corrected chi connectivity index (χ0v) is 24.5. The SMILES string of the molecule is C=CC(=O)OCCCCOCC(COc1ccc(OC(=O)C2CCC(C(=O)Oc3ccc(O)cc3)CC2)cc1)OC(=O)C=C. The molecule has 1 atom stereocenters. The summed E-state index contributed by atoms with van der Waals surface area (Å²) in [6.07, 6.45) is 4.75. The number of rotatable bonds is 17. The van der Waals surface area contributed by atoms with Crippen LogP contribution in [0.2, 0.25) is 0 Å². The number of carbonyl (C=O) groups is 4. The van der Waals surface area contributed by atoms with Gasteiger partial charge in [0, 0.05) is 18.8 Å². The van der Waals surface area contributed by atoms with Gasteiger partial charge in [-0.1, -0.05) is 13.2 Å². The van der Waals surface area contributed by atoms with E-state index in [4.69, 9.17) is 28.4 Å². The lowest BCUT2D eigenvalue weighted by Gasteiger charge is -2.25. The molecule has 1 unspecified atom stereocenters. The number of hydrogen-bond donors (Lipinski definition) is 1. The molecule has 1 aliphatic carbocycles. The Bertz CT molecular complexity index is 1250. The Morgan fingerprint density at radius 1 is 0.727 bits per heavy atom. The lowest BCUT2D eigenvalue weighted by atomic mass is 9.82. The van der Waals surface area contributed by atoms with E-state index in [9.17, 15) is 24.3 Å². The maximum Gasteiger partial charge on any atom is 0.330 e. The van der Waals surface area contributed by atoms with Crippen molar-refractivity contribution in [3.63, 3.8) is 0 Å². The second-order valence-electron chi connectivity index (χ2n) is 10.1. The number of phenolic OH excluding ortho intramolecular Hbond substituents is 1. The van der Waals surface area contributed by atoms with Crippen LogP contribution in [-0.2, 0) is 33.4 Å². The smallest absolute Gasteiger partial charge is 0.330 e. The van der Waals surface area contributed by atoms with E-state index in [2.05, 4.69) is 13.2 Å². The molecule has 3 rings (SSSR count). The van der Waals surface area contributed by atoms with Crippen LogP contribution in [0.1, 0.15) is 38.5 Å². The van der Waals surface area contributed by atoms with Gasteiger partial charge in [0.25, 0.3) is 0 Å². The van der Waals surface area contributed by atoms with Gasteiger partial charge < -0.3 is 33.5 Å². The number of phenols is 1. The van der Waals surface area contributed by atoms with E-state index >= 15 is 0 Å². The Kier molecular flexibility index (Phi) is 13.9. The molecule has 0 heterocycles. The second-order valence-corrected chi connectivity index (χ2v) is 10.1. The van der Waals surface area contributed by atoms with Crippen LogP contribution < -0.4 is 14.2 Å². The first-order chi connectivity index (χ1) is 21.3. The first-order valence-electron chi connectivity index (χ1n) is 14.4. The van der Waals surface area contributed by atoms with Crippen molar-refractivity contribution in [2.45, 2.75) is 44.6 Å². The fourth-order valence-electron chi connectivity index (χ4n) is 4.35. The van der Waals surface area contributed by atoms with Gasteiger partial charge in [-0.3, -0.25) is 9.59 Å². The standard InChI is InChI=1S/C33H38O11/c1-3-30(35)40-20-6-5-19-39-21-29(42-31(36)4-2)22-41-26-15-17-28(18-16-26)44-33(38)24-9-7-23(8-10-24)32(37)43-27-13-11-25(34)12-14-27/h3-4,11-18,23-24,29,34H,1-2,5-10,19-22H2. The van der Waals surface area contributed by atoms with Gasteiger partial charge >= 0.3 is 23.9 Å². The van der Waals surface area contributed by atoms with E-state index < -0.39 is 18.0 Å². The van der Waals surface area contributed by atoms with Crippen molar-refractivity contribution in [1.82, 2.24) is 0 Å². The molecule has 0 bridgehead atoms. The number of benzene rings is 2. The molecule has 1 saturated carbocycles. The monoisotopic (exact) mass is 610 g/mol. The average Bonchev–Trinajstić information content (AvgIpc) is 3.04. The molecule has 11 nitrogen and oxygen atoms in total. The molecular formula is C33H38O11. The number of esters is 4. The second kappa shape index (κ2) is 18.1. The largest absolute Gasteiger partial charge is 0.508 e. The van der Waals surface area contributed by atoms with Crippen molar-refractivity contribution in [2.24, 2.45) is 11.8 Å². The van der Waals surface area contributed by atoms with Crippen LogP contribution in [0, 0.1) is 11.8 Å². The molecule has 0 saturated heterocycles. The first kappa shape index (κ1) is 33.9. The molecule has 44 heavy (non-hydrogen) atoms. The van der Waals surface area contributed by atoms with Crippen molar-refractivity contribution in [2.75, 3.05) is 26.4 Å². The fraction of sp³-hybridized carbons (Fsp3) is 0.394. The van der Waals surface area contributed by atoms with Gasteiger partial charge in [-0.05, 0) is 87.1 Å². The molecule has 0 spiro atoms. The molecule has 2 aromatic rings. The highest BCUT2D eigenvalue weighted by molar-refractivity contribution is 5.81. The third-order valence-corrected chi connectivity index (χ3v) is 6.77. The number of carbonyl (C=O) groups excluding carboxylic acids is 4. The van der Waals surface area contributed by atoms with E-state index in [0.717, 1.165) is 12.2 Å². The van der Waals surface area contributed by atoms with Gasteiger partial charge in [-0.15, -0.1) is 0 Å². The van der Waals surface area contributed by atoms with Gasteiger partial charge in [0.15, 0.2) is 6.10 Å². The van der Waals surface area contributed by atoms with Crippen LogP contribution in [0.25, 0.3) is 0 Å². The maximum absolute atomic E-state index is 12.7. The van der Waals surface area contributed by atoms with E-state index in [1.165, 1.54) is 24.3 Å². The van der Waals surface area contributed by atoms with Crippen molar-refractivity contribution in [3.05, 3.63) is 73.8 Å². The summed E-state index contributed by atoms with van der Waals surface area (Å²) in [5, 5.41) is 9.36. The minimum absolute atomic E-state index is 0.0219. The normalized spacial score (nSPS) is 16.5. The summed E-state index contributed by atoms with van der Waals surface area (Å²) in [4.78, 5) is 48.0. The predicted octanol–water partition coefficient (Wildman–Crippen LogP) is 4.71. The Morgan fingerprint density at radius 3 is 1.77 bits per heavy atom. The number of hydrogen-bond acceptors (Lipinski definition) is 11. The van der Waals surface area contributed by atoms with Gasteiger partial charge in [0.05, 0.1) is 25.0 Å². The predicted molar refractivity (Wildman–Crippen MR) is 158 cm³/mol. The third kappa shape index (κ3) is 11.9. The minimum atomic E-state index is -0.690. The lowest BCUT2D eigenvalue weighted by Crippen LogP contribution is -2.30. The molecule has 2 aromatic carbocycles. The quantitative estimate of drug-likeness (QED) is 0.115. The summed E-state index contributed by atoms with van der Waals surface area (Å²) in [6, 6.07) is 12.4. The average molecular weight is 611 g/mol. The summed E-state index contributed by atoms with van der Waals surface area (Å²) in [6.45, 7) is 7.49. The van der Waals surface area contributed by atoms with Crippen LogP contribution in [0.3, 0.4) is 0 Å². The highest BCUT2D eigenvalue weighted by Gasteiger charge is 2.32. The molecule has 0 aromatic heterocycles. The van der Waals surface area contributed by atoms with Crippen LogP contribution in [0.15, 0.2) is 73.8 Å². The van der Waals surface area contributed by atoms with Gasteiger partial charge in [0.1, 0.15) is 29.6 Å². The Labute approximate surface area is 256 Å². The summed E-state index contributed by atoms with van der Waals surface area (Å²) < 4.78 is 32.5. The van der Waals surface area contributed by atoms with Crippen molar-refractivity contribution in [1.29, 1.82) is 0 Å². The van der Waals surface area contributed by atoms with Crippen LogP contribution in [0.5, 0.6) is 23.0 Å². The fourth-order valence-corrected chi connectivity index (χ4v) is 4.35. The molecule has 1 fully saturated rings. The van der Waals surface area contributed by atoms with Crippen LogP contribution in [-0.4, -0.2) is 61.5 Å². The molecule has 0 aliphatic heterocycles. The van der Waals surface area contributed by atoms with E-state index in [-0.39, 0.29) is 49.3 Å². The van der Waals surface area contributed by atoms with Gasteiger partial charge in [0.2, 0.25) is 0 Å². The van der Waals surface area contributed by atoms with E-state index in [1.807, 2.05) is 0 Å². The zero-order chi connectivity index (χ0) is 31.7. The Morgan fingerprint density at radius 2 is 1.23 bits per heavy atom. The topological polar surface area (TPSA) is 144 Å². The maximum atomic E-state index is 12.7. The highest BCUT2D eigenvalue weighted by Crippen LogP contribution is 2.32. The molecule has 0 radical (unpaired) electrons. The summed E-state index contributed by atoms with van der Waals surface area (Å²) in [7, 11) is 0.